The maximum atomic E-state index is 11.9. The molecule has 0 saturated carbocycles. The summed E-state index contributed by atoms with van der Waals surface area (Å²) in [4.78, 5) is 24.5. The summed E-state index contributed by atoms with van der Waals surface area (Å²) in [6, 6.07) is 5.81. The van der Waals surface area contributed by atoms with Crippen LogP contribution in [0.25, 0.3) is 0 Å². The smallest absolute Gasteiger partial charge is 0.307 e. The van der Waals surface area contributed by atoms with Crippen molar-refractivity contribution in [3.05, 3.63) is 34.3 Å². The number of amides is 1. The van der Waals surface area contributed by atoms with Crippen LogP contribution in [0.5, 0.6) is 0 Å². The lowest BCUT2D eigenvalue weighted by atomic mass is 10.1. The summed E-state index contributed by atoms with van der Waals surface area (Å²) in [5.41, 5.74) is 2.06. The Kier molecular flexibility index (Phi) is 6.52. The van der Waals surface area contributed by atoms with Crippen molar-refractivity contribution in [3.8, 4) is 0 Å². The van der Waals surface area contributed by atoms with Crippen LogP contribution in [0.15, 0.2) is 18.2 Å². The van der Waals surface area contributed by atoms with E-state index in [0.717, 1.165) is 11.1 Å². The fourth-order valence-corrected chi connectivity index (χ4v) is 1.92. The number of nitrogens with zero attached hydrogens (tertiary/aromatic N) is 1. The Labute approximate surface area is 124 Å². The predicted molar refractivity (Wildman–Crippen MR) is 78.8 cm³/mol. The number of carbonyl (C=O) groups is 2. The van der Waals surface area contributed by atoms with Crippen molar-refractivity contribution in [2.75, 3.05) is 20.7 Å². The SMILES string of the molecule is COC(=O)CCN(C)C(=O)CCc1ccc(C)c(Cl)c1. The van der Waals surface area contributed by atoms with E-state index in [1.807, 2.05) is 25.1 Å². The van der Waals surface area contributed by atoms with Crippen LogP contribution in [0.4, 0.5) is 0 Å². The van der Waals surface area contributed by atoms with Crippen LogP contribution < -0.4 is 0 Å². The minimum atomic E-state index is -0.310. The Morgan fingerprint density at radius 1 is 1.30 bits per heavy atom. The number of rotatable bonds is 6. The third-order valence-electron chi connectivity index (χ3n) is 3.17. The summed E-state index contributed by atoms with van der Waals surface area (Å²) >= 11 is 6.05. The second-order valence-electron chi connectivity index (χ2n) is 4.72. The van der Waals surface area contributed by atoms with Crippen molar-refractivity contribution in [1.82, 2.24) is 4.90 Å². The number of benzene rings is 1. The van der Waals surface area contributed by atoms with Gasteiger partial charge in [0, 0.05) is 25.0 Å². The third kappa shape index (κ3) is 5.21. The number of methoxy groups -OCH3 is 1. The number of halogens is 1. The Balaban J connectivity index is 2.42. The predicted octanol–water partition coefficient (Wildman–Crippen LogP) is 2.60. The average Bonchev–Trinajstić information content (AvgIpc) is 2.45. The van der Waals surface area contributed by atoms with Crippen molar-refractivity contribution >= 4 is 23.5 Å². The molecule has 0 bridgehead atoms. The van der Waals surface area contributed by atoms with Gasteiger partial charge in [-0.05, 0) is 30.5 Å². The van der Waals surface area contributed by atoms with Gasteiger partial charge in [0.25, 0.3) is 0 Å². The van der Waals surface area contributed by atoms with E-state index in [1.54, 1.807) is 11.9 Å². The number of hydrogen-bond donors (Lipinski definition) is 0. The van der Waals surface area contributed by atoms with E-state index >= 15 is 0 Å². The fraction of sp³-hybridized carbons (Fsp3) is 0.467. The van der Waals surface area contributed by atoms with Crippen LogP contribution in [0.3, 0.4) is 0 Å². The fourth-order valence-electron chi connectivity index (χ4n) is 1.72. The first-order valence-electron chi connectivity index (χ1n) is 6.50. The molecule has 0 aromatic heterocycles. The van der Waals surface area contributed by atoms with Gasteiger partial charge in [0.05, 0.1) is 13.5 Å². The Morgan fingerprint density at radius 3 is 2.60 bits per heavy atom. The lowest BCUT2D eigenvalue weighted by Gasteiger charge is -2.16. The van der Waals surface area contributed by atoms with Crippen molar-refractivity contribution in [1.29, 1.82) is 0 Å². The van der Waals surface area contributed by atoms with Gasteiger partial charge in [-0.2, -0.15) is 0 Å². The number of aryl methyl sites for hydroxylation is 2. The molecule has 0 radical (unpaired) electrons. The van der Waals surface area contributed by atoms with E-state index in [4.69, 9.17) is 11.6 Å². The molecule has 1 aromatic carbocycles. The molecule has 0 aliphatic carbocycles. The maximum absolute atomic E-state index is 11.9. The summed E-state index contributed by atoms with van der Waals surface area (Å²) in [6.07, 6.45) is 1.26. The number of esters is 1. The van der Waals surface area contributed by atoms with Gasteiger partial charge in [-0.1, -0.05) is 23.7 Å². The highest BCUT2D eigenvalue weighted by molar-refractivity contribution is 6.31. The van der Waals surface area contributed by atoms with Crippen LogP contribution in [-0.4, -0.2) is 37.5 Å². The van der Waals surface area contributed by atoms with E-state index in [2.05, 4.69) is 4.74 Å². The molecule has 0 spiro atoms. The first-order chi connectivity index (χ1) is 9.43. The van der Waals surface area contributed by atoms with Crippen LogP contribution in [0.2, 0.25) is 5.02 Å². The van der Waals surface area contributed by atoms with Gasteiger partial charge in [0.15, 0.2) is 0 Å². The number of ether oxygens (including phenoxy) is 1. The molecule has 0 atom stereocenters. The van der Waals surface area contributed by atoms with Crippen LogP contribution in [-0.2, 0) is 20.7 Å². The van der Waals surface area contributed by atoms with E-state index < -0.39 is 0 Å². The van der Waals surface area contributed by atoms with Crippen LogP contribution in [0, 0.1) is 6.92 Å². The molecule has 0 fully saturated rings. The molecule has 0 unspecified atom stereocenters. The second-order valence-corrected chi connectivity index (χ2v) is 5.13. The molecule has 4 nitrogen and oxygen atoms in total. The summed E-state index contributed by atoms with van der Waals surface area (Å²) < 4.78 is 4.54. The molecule has 1 rings (SSSR count). The van der Waals surface area contributed by atoms with Gasteiger partial charge < -0.3 is 9.64 Å². The van der Waals surface area contributed by atoms with Gasteiger partial charge in [0.2, 0.25) is 5.91 Å². The second kappa shape index (κ2) is 7.90. The number of hydrogen-bond acceptors (Lipinski definition) is 3. The molecular formula is C15H20ClNO3. The maximum Gasteiger partial charge on any atom is 0.307 e. The van der Waals surface area contributed by atoms with Gasteiger partial charge in [0.1, 0.15) is 0 Å². The minimum absolute atomic E-state index is 0.00519. The summed E-state index contributed by atoms with van der Waals surface area (Å²) in [5, 5.41) is 0.717. The number of carbonyl (C=O) groups excluding carboxylic acids is 2. The quantitative estimate of drug-likeness (QED) is 0.758. The van der Waals surface area contributed by atoms with E-state index in [-0.39, 0.29) is 18.3 Å². The molecule has 110 valence electrons. The summed E-state index contributed by atoms with van der Waals surface area (Å²) in [6.45, 7) is 2.32. The molecule has 1 amide bonds. The minimum Gasteiger partial charge on any atom is -0.469 e. The highest BCUT2D eigenvalue weighted by atomic mass is 35.5. The first kappa shape index (κ1) is 16.5. The molecule has 5 heteroatoms. The van der Waals surface area contributed by atoms with E-state index in [9.17, 15) is 9.59 Å². The monoisotopic (exact) mass is 297 g/mol. The molecule has 1 aromatic rings. The van der Waals surface area contributed by atoms with Gasteiger partial charge >= 0.3 is 5.97 Å². The Bertz CT molecular complexity index is 488. The standard InChI is InChI=1S/C15H20ClNO3/c1-11-4-5-12(10-13(11)16)6-7-14(18)17(2)9-8-15(19)20-3/h4-5,10H,6-9H2,1-3H3. The molecule has 20 heavy (non-hydrogen) atoms. The van der Waals surface area contributed by atoms with Gasteiger partial charge in [-0.3, -0.25) is 9.59 Å². The Hall–Kier alpha value is -1.55. The van der Waals surface area contributed by atoms with Crippen LogP contribution >= 0.6 is 11.6 Å². The summed E-state index contributed by atoms with van der Waals surface area (Å²) in [7, 11) is 3.03. The van der Waals surface area contributed by atoms with E-state index in [0.29, 0.717) is 24.4 Å². The van der Waals surface area contributed by atoms with Crippen molar-refractivity contribution < 1.29 is 14.3 Å². The topological polar surface area (TPSA) is 46.6 Å². The van der Waals surface area contributed by atoms with Gasteiger partial charge in [-0.15, -0.1) is 0 Å². The normalized spacial score (nSPS) is 10.2. The molecule has 0 aliphatic heterocycles. The van der Waals surface area contributed by atoms with Crippen molar-refractivity contribution in [2.24, 2.45) is 0 Å². The highest BCUT2D eigenvalue weighted by Gasteiger charge is 2.11. The van der Waals surface area contributed by atoms with Crippen LogP contribution in [0.1, 0.15) is 24.0 Å². The highest BCUT2D eigenvalue weighted by Crippen LogP contribution is 2.17. The lowest BCUT2D eigenvalue weighted by molar-refractivity contribution is -0.141. The lowest BCUT2D eigenvalue weighted by Crippen LogP contribution is -2.29. The third-order valence-corrected chi connectivity index (χ3v) is 3.58. The Morgan fingerprint density at radius 2 is 2.00 bits per heavy atom. The average molecular weight is 298 g/mol. The molecular weight excluding hydrogens is 278 g/mol. The zero-order chi connectivity index (χ0) is 15.1. The summed E-state index contributed by atoms with van der Waals surface area (Å²) in [5.74, 6) is -0.305. The molecule has 0 saturated heterocycles. The molecule has 0 N–H and O–H groups in total. The molecule has 0 heterocycles. The van der Waals surface area contributed by atoms with Crippen molar-refractivity contribution in [3.63, 3.8) is 0 Å². The zero-order valence-corrected chi connectivity index (χ0v) is 12.9. The largest absolute Gasteiger partial charge is 0.469 e. The zero-order valence-electron chi connectivity index (χ0n) is 12.1. The van der Waals surface area contributed by atoms with Gasteiger partial charge in [-0.25, -0.2) is 0 Å². The van der Waals surface area contributed by atoms with E-state index in [1.165, 1.54) is 7.11 Å². The van der Waals surface area contributed by atoms with Crippen molar-refractivity contribution in [2.45, 2.75) is 26.2 Å². The first-order valence-corrected chi connectivity index (χ1v) is 6.87. The molecule has 0 aliphatic rings.